The molecule has 2 aromatic heterocycles. The first-order valence-corrected chi connectivity index (χ1v) is 15.7. The molecule has 0 aliphatic carbocycles. The van der Waals surface area contributed by atoms with Crippen molar-refractivity contribution in [1.82, 2.24) is 19.7 Å². The van der Waals surface area contributed by atoms with Gasteiger partial charge in [-0.05, 0) is 108 Å². The SMILES string of the molecule is Cc1cc(CO)nn1-c1cccc(C(CC(=O)OC(C)(C)C)CN2CC[C@@H](CCc3ccc4c(n3)N(C(=O)O)CCC4)C2)c1. The highest BCUT2D eigenvalue weighted by molar-refractivity contribution is 5.86. The fraction of sp³-hybridized carbons (Fsp3) is 0.529. The van der Waals surface area contributed by atoms with Gasteiger partial charge in [-0.2, -0.15) is 5.10 Å². The standard InChI is InChI=1S/C34H45N5O5/c1-23-17-29(22-40)36-39(23)30-9-5-7-26(18-30)27(19-31(41)44-34(2,3)4)21-37-16-14-24(20-37)10-12-28-13-11-25-8-6-15-38(33(42)43)32(25)35-28/h5,7,9,11,13,17-18,24,27,40H,6,8,10,12,14-16,19-22H2,1-4H3,(H,42,43)/t24-,27?/m1/s1. The number of fused-ring (bicyclic) bond motifs is 1. The van der Waals surface area contributed by atoms with Gasteiger partial charge in [0.25, 0.3) is 0 Å². The molecule has 0 radical (unpaired) electrons. The first kappa shape index (κ1) is 31.7. The van der Waals surface area contributed by atoms with Gasteiger partial charge >= 0.3 is 12.1 Å². The summed E-state index contributed by atoms with van der Waals surface area (Å²) in [5.74, 6) is 0.830. The predicted octanol–water partition coefficient (Wildman–Crippen LogP) is 5.27. The van der Waals surface area contributed by atoms with Gasteiger partial charge in [0.1, 0.15) is 11.4 Å². The summed E-state index contributed by atoms with van der Waals surface area (Å²) in [6.07, 6.45) is 3.88. The number of esters is 1. The highest BCUT2D eigenvalue weighted by Crippen LogP contribution is 2.30. The lowest BCUT2D eigenvalue weighted by molar-refractivity contribution is -0.155. The number of carbonyl (C=O) groups is 2. The second-order valence-electron chi connectivity index (χ2n) is 13.2. The van der Waals surface area contributed by atoms with E-state index in [4.69, 9.17) is 9.72 Å². The van der Waals surface area contributed by atoms with Crippen molar-refractivity contribution < 1.29 is 24.5 Å². The zero-order valence-corrected chi connectivity index (χ0v) is 26.3. The first-order valence-electron chi connectivity index (χ1n) is 15.7. The highest BCUT2D eigenvalue weighted by atomic mass is 16.6. The van der Waals surface area contributed by atoms with Crippen LogP contribution in [0.25, 0.3) is 5.69 Å². The minimum atomic E-state index is -0.942. The summed E-state index contributed by atoms with van der Waals surface area (Å²) in [6, 6.07) is 14.1. The third kappa shape index (κ3) is 7.84. The Bertz CT molecular complexity index is 1480. The largest absolute Gasteiger partial charge is 0.465 e. The molecule has 236 valence electrons. The van der Waals surface area contributed by atoms with Gasteiger partial charge in [-0.3, -0.25) is 9.69 Å². The van der Waals surface area contributed by atoms with Gasteiger partial charge in [-0.25, -0.2) is 14.5 Å². The van der Waals surface area contributed by atoms with E-state index in [2.05, 4.69) is 22.1 Å². The molecule has 2 aliphatic heterocycles. The molecule has 1 saturated heterocycles. The Morgan fingerprint density at radius 3 is 2.66 bits per heavy atom. The molecule has 2 N–H and O–H groups in total. The van der Waals surface area contributed by atoms with Crippen molar-refractivity contribution in [3.8, 4) is 5.69 Å². The van der Waals surface area contributed by atoms with Gasteiger partial charge in [0.15, 0.2) is 0 Å². The van der Waals surface area contributed by atoms with Gasteiger partial charge in [0, 0.05) is 36.9 Å². The van der Waals surface area contributed by atoms with Crippen molar-refractivity contribution in [2.45, 2.75) is 84.3 Å². The lowest BCUT2D eigenvalue weighted by Crippen LogP contribution is -2.35. The number of hydrogen-bond acceptors (Lipinski definition) is 7. The Labute approximate surface area is 259 Å². The van der Waals surface area contributed by atoms with Gasteiger partial charge in [0.2, 0.25) is 0 Å². The van der Waals surface area contributed by atoms with Crippen LogP contribution in [0.4, 0.5) is 10.6 Å². The third-order valence-corrected chi connectivity index (χ3v) is 8.50. The van der Waals surface area contributed by atoms with E-state index in [1.54, 1.807) is 0 Å². The molecule has 10 heteroatoms. The van der Waals surface area contributed by atoms with Crippen molar-refractivity contribution in [3.63, 3.8) is 0 Å². The topological polar surface area (TPSA) is 121 Å². The molecule has 3 aromatic rings. The number of hydrogen-bond donors (Lipinski definition) is 2. The molecule has 1 aromatic carbocycles. The predicted molar refractivity (Wildman–Crippen MR) is 168 cm³/mol. The summed E-state index contributed by atoms with van der Waals surface area (Å²) in [4.78, 5) is 33.3. The Morgan fingerprint density at radius 2 is 1.93 bits per heavy atom. The number of carbonyl (C=O) groups excluding carboxylic acids is 1. The van der Waals surface area contributed by atoms with Gasteiger partial charge in [0.05, 0.1) is 24.4 Å². The normalized spacial score (nSPS) is 17.8. The van der Waals surface area contributed by atoms with Crippen LogP contribution in [0.5, 0.6) is 0 Å². The maximum atomic E-state index is 13.0. The Balaban J connectivity index is 1.26. The maximum absolute atomic E-state index is 13.0. The minimum absolute atomic E-state index is 0.0546. The number of benzene rings is 1. The second-order valence-corrected chi connectivity index (χ2v) is 13.2. The van der Waals surface area contributed by atoms with E-state index < -0.39 is 11.7 Å². The number of nitrogens with zero attached hydrogens (tertiary/aromatic N) is 5. The summed E-state index contributed by atoms with van der Waals surface area (Å²) in [7, 11) is 0. The van der Waals surface area contributed by atoms with Crippen molar-refractivity contribution in [2.24, 2.45) is 5.92 Å². The quantitative estimate of drug-likeness (QED) is 0.301. The van der Waals surface area contributed by atoms with Crippen LogP contribution < -0.4 is 4.90 Å². The van der Waals surface area contributed by atoms with Crippen LogP contribution in [-0.4, -0.2) is 73.7 Å². The van der Waals surface area contributed by atoms with E-state index in [0.717, 1.165) is 79.9 Å². The number of rotatable bonds is 10. The zero-order valence-electron chi connectivity index (χ0n) is 26.3. The third-order valence-electron chi connectivity index (χ3n) is 8.50. The number of aliphatic hydroxyl groups excluding tert-OH is 1. The number of anilines is 1. The number of carboxylic acid groups (broad SMARTS) is 1. The fourth-order valence-corrected chi connectivity index (χ4v) is 6.44. The van der Waals surface area contributed by atoms with Crippen LogP contribution in [-0.2, 0) is 29.0 Å². The van der Waals surface area contributed by atoms with Crippen LogP contribution in [0.1, 0.15) is 80.6 Å². The first-order chi connectivity index (χ1) is 21.0. The monoisotopic (exact) mass is 603 g/mol. The Morgan fingerprint density at radius 1 is 1.11 bits per heavy atom. The van der Waals surface area contributed by atoms with Crippen molar-refractivity contribution >= 4 is 17.9 Å². The molecule has 1 unspecified atom stereocenters. The van der Waals surface area contributed by atoms with Gasteiger partial charge in [-0.1, -0.05) is 18.2 Å². The number of aryl methyl sites for hydroxylation is 3. The molecule has 1 fully saturated rings. The van der Waals surface area contributed by atoms with Crippen LogP contribution in [0, 0.1) is 12.8 Å². The van der Waals surface area contributed by atoms with Crippen LogP contribution in [0.15, 0.2) is 42.5 Å². The number of aliphatic hydroxyl groups is 1. The average molecular weight is 604 g/mol. The van der Waals surface area contributed by atoms with Crippen molar-refractivity contribution in [2.75, 3.05) is 31.1 Å². The summed E-state index contributed by atoms with van der Waals surface area (Å²) < 4.78 is 7.56. The van der Waals surface area contributed by atoms with E-state index in [1.165, 1.54) is 4.90 Å². The Hall–Kier alpha value is -3.76. The lowest BCUT2D eigenvalue weighted by atomic mass is 9.94. The molecule has 0 spiro atoms. The number of amides is 1. The summed E-state index contributed by atoms with van der Waals surface area (Å²) in [6.45, 7) is 10.6. The molecule has 1 amide bonds. The number of likely N-dealkylation sites (tertiary alicyclic amines) is 1. The van der Waals surface area contributed by atoms with Crippen molar-refractivity contribution in [1.29, 1.82) is 0 Å². The fourth-order valence-electron chi connectivity index (χ4n) is 6.44. The Kier molecular flexibility index (Phi) is 9.70. The van der Waals surface area contributed by atoms with E-state index in [-0.39, 0.29) is 24.9 Å². The summed E-state index contributed by atoms with van der Waals surface area (Å²) in [5, 5.41) is 23.7. The van der Waals surface area contributed by atoms with Crippen LogP contribution >= 0.6 is 0 Å². The smallest absolute Gasteiger partial charge is 0.413 e. The molecule has 2 aliphatic rings. The van der Waals surface area contributed by atoms with Crippen LogP contribution in [0.2, 0.25) is 0 Å². The molecule has 10 nitrogen and oxygen atoms in total. The van der Waals surface area contributed by atoms with E-state index in [9.17, 15) is 19.8 Å². The number of ether oxygens (including phenoxy) is 1. The zero-order chi connectivity index (χ0) is 31.4. The van der Waals surface area contributed by atoms with E-state index in [1.807, 2.05) is 62.7 Å². The molecule has 0 bridgehead atoms. The van der Waals surface area contributed by atoms with Gasteiger partial charge in [-0.15, -0.1) is 0 Å². The summed E-state index contributed by atoms with van der Waals surface area (Å²) >= 11 is 0. The number of pyridine rings is 1. The second kappa shape index (κ2) is 13.5. The molecule has 44 heavy (non-hydrogen) atoms. The summed E-state index contributed by atoms with van der Waals surface area (Å²) in [5.41, 5.74) is 4.89. The van der Waals surface area contributed by atoms with E-state index in [0.29, 0.717) is 24.0 Å². The molecule has 4 heterocycles. The number of aromatic nitrogens is 3. The van der Waals surface area contributed by atoms with Crippen molar-refractivity contribution in [3.05, 3.63) is 70.7 Å². The molecule has 5 rings (SSSR count). The average Bonchev–Trinajstić information content (AvgIpc) is 3.60. The maximum Gasteiger partial charge on any atom is 0.413 e. The minimum Gasteiger partial charge on any atom is -0.465 e. The lowest BCUT2D eigenvalue weighted by Gasteiger charge is -2.26. The molecule has 2 atom stereocenters. The van der Waals surface area contributed by atoms with Crippen LogP contribution in [0.3, 0.4) is 0 Å². The molecule has 0 saturated carbocycles. The molecular formula is C34H45N5O5. The van der Waals surface area contributed by atoms with Gasteiger partial charge < -0.3 is 19.8 Å². The van der Waals surface area contributed by atoms with E-state index >= 15 is 0 Å². The highest BCUT2D eigenvalue weighted by Gasteiger charge is 2.29. The molecular weight excluding hydrogens is 558 g/mol.